The molecule has 0 radical (unpaired) electrons. The van der Waals surface area contributed by atoms with Gasteiger partial charge in [0.05, 0.1) is 5.69 Å². The molecule has 0 unspecified atom stereocenters. The highest BCUT2D eigenvalue weighted by Crippen LogP contribution is 2.17. The van der Waals surface area contributed by atoms with Gasteiger partial charge >= 0.3 is 0 Å². The lowest BCUT2D eigenvalue weighted by Crippen LogP contribution is -2.11. The van der Waals surface area contributed by atoms with E-state index in [9.17, 15) is 4.39 Å². The zero-order chi connectivity index (χ0) is 12.8. The van der Waals surface area contributed by atoms with Crippen LogP contribution >= 0.6 is 0 Å². The standard InChI is InChI=1S/C13H15FN2O2/c1-2-15-8-10-7-11(18-16-10)9-17-13-6-4-3-5-12(13)14/h3-7,15H,2,8-9H2,1H3. The van der Waals surface area contributed by atoms with Crippen molar-refractivity contribution < 1.29 is 13.7 Å². The summed E-state index contributed by atoms with van der Waals surface area (Å²) in [5.41, 5.74) is 0.809. The van der Waals surface area contributed by atoms with Gasteiger partial charge in [-0.1, -0.05) is 24.2 Å². The van der Waals surface area contributed by atoms with Gasteiger partial charge in [0.1, 0.15) is 6.61 Å². The Balaban J connectivity index is 1.90. The van der Waals surface area contributed by atoms with Crippen molar-refractivity contribution in [3.63, 3.8) is 0 Å². The molecule has 1 N–H and O–H groups in total. The van der Waals surface area contributed by atoms with Crippen LogP contribution in [0.3, 0.4) is 0 Å². The molecule has 0 aliphatic rings. The van der Waals surface area contributed by atoms with Crippen molar-refractivity contribution in [3.05, 3.63) is 47.6 Å². The zero-order valence-corrected chi connectivity index (χ0v) is 10.1. The highest BCUT2D eigenvalue weighted by molar-refractivity contribution is 5.23. The van der Waals surface area contributed by atoms with E-state index in [0.29, 0.717) is 12.3 Å². The second-order valence-corrected chi connectivity index (χ2v) is 3.78. The van der Waals surface area contributed by atoms with Crippen LogP contribution in [0.5, 0.6) is 5.75 Å². The molecule has 0 amide bonds. The molecule has 5 heteroatoms. The Hall–Kier alpha value is -1.88. The molecule has 1 heterocycles. The molecule has 2 aromatic rings. The number of ether oxygens (including phenoxy) is 1. The topological polar surface area (TPSA) is 47.3 Å². The number of aromatic nitrogens is 1. The van der Waals surface area contributed by atoms with Crippen LogP contribution in [0, 0.1) is 5.82 Å². The lowest BCUT2D eigenvalue weighted by Gasteiger charge is -2.03. The van der Waals surface area contributed by atoms with Gasteiger partial charge in [-0.05, 0) is 18.7 Å². The summed E-state index contributed by atoms with van der Waals surface area (Å²) in [6.07, 6.45) is 0. The molecule has 0 saturated heterocycles. The summed E-state index contributed by atoms with van der Waals surface area (Å²) >= 11 is 0. The summed E-state index contributed by atoms with van der Waals surface area (Å²) in [5, 5.41) is 7.01. The molecular formula is C13H15FN2O2. The average molecular weight is 250 g/mol. The smallest absolute Gasteiger partial charge is 0.174 e. The van der Waals surface area contributed by atoms with Crippen LogP contribution in [0.25, 0.3) is 0 Å². The fourth-order valence-electron chi connectivity index (χ4n) is 1.47. The SMILES string of the molecule is CCNCc1cc(COc2ccccc2F)on1. The Kier molecular flexibility index (Phi) is 4.30. The second-order valence-electron chi connectivity index (χ2n) is 3.78. The predicted octanol–water partition coefficient (Wildman–Crippen LogP) is 2.50. The number of benzene rings is 1. The summed E-state index contributed by atoms with van der Waals surface area (Å²) < 4.78 is 23.7. The van der Waals surface area contributed by atoms with Crippen LogP contribution in [0.1, 0.15) is 18.4 Å². The quantitative estimate of drug-likeness (QED) is 0.855. The maximum absolute atomic E-state index is 13.3. The maximum Gasteiger partial charge on any atom is 0.174 e. The van der Waals surface area contributed by atoms with Gasteiger partial charge in [-0.15, -0.1) is 0 Å². The molecule has 18 heavy (non-hydrogen) atoms. The lowest BCUT2D eigenvalue weighted by atomic mass is 10.3. The van der Waals surface area contributed by atoms with Crippen LogP contribution in [-0.2, 0) is 13.2 Å². The molecule has 96 valence electrons. The average Bonchev–Trinajstić information content (AvgIpc) is 2.83. The molecule has 0 spiro atoms. The number of halogens is 1. The maximum atomic E-state index is 13.3. The van der Waals surface area contributed by atoms with Crippen molar-refractivity contribution >= 4 is 0 Å². The molecule has 0 saturated carbocycles. The minimum atomic E-state index is -0.384. The van der Waals surface area contributed by atoms with E-state index in [1.165, 1.54) is 6.07 Å². The largest absolute Gasteiger partial charge is 0.482 e. The van der Waals surface area contributed by atoms with Crippen LogP contribution in [0.4, 0.5) is 4.39 Å². The molecule has 0 bridgehead atoms. The predicted molar refractivity (Wildman–Crippen MR) is 64.6 cm³/mol. The van der Waals surface area contributed by atoms with E-state index in [1.54, 1.807) is 24.3 Å². The van der Waals surface area contributed by atoms with E-state index in [-0.39, 0.29) is 18.2 Å². The van der Waals surface area contributed by atoms with Crippen LogP contribution in [0.15, 0.2) is 34.9 Å². The highest BCUT2D eigenvalue weighted by Gasteiger charge is 2.06. The van der Waals surface area contributed by atoms with E-state index in [2.05, 4.69) is 10.5 Å². The van der Waals surface area contributed by atoms with Crippen molar-refractivity contribution in [1.82, 2.24) is 10.5 Å². The van der Waals surface area contributed by atoms with Crippen LogP contribution in [-0.4, -0.2) is 11.7 Å². The van der Waals surface area contributed by atoms with E-state index in [0.717, 1.165) is 12.2 Å². The van der Waals surface area contributed by atoms with Gasteiger partial charge in [0.2, 0.25) is 0 Å². The van der Waals surface area contributed by atoms with Crippen LogP contribution in [0.2, 0.25) is 0 Å². The number of para-hydroxylation sites is 1. The summed E-state index contributed by atoms with van der Waals surface area (Å²) in [7, 11) is 0. The third-order valence-electron chi connectivity index (χ3n) is 2.37. The van der Waals surface area contributed by atoms with Gasteiger partial charge in [0.25, 0.3) is 0 Å². The summed E-state index contributed by atoms with van der Waals surface area (Å²) in [5.74, 6) is 0.401. The zero-order valence-electron chi connectivity index (χ0n) is 10.1. The van der Waals surface area contributed by atoms with Crippen molar-refractivity contribution in [3.8, 4) is 5.75 Å². The van der Waals surface area contributed by atoms with Gasteiger partial charge in [-0.2, -0.15) is 0 Å². The summed E-state index contributed by atoms with van der Waals surface area (Å²) in [6, 6.07) is 8.06. The van der Waals surface area contributed by atoms with E-state index in [1.807, 2.05) is 6.92 Å². The first kappa shape index (κ1) is 12.6. The lowest BCUT2D eigenvalue weighted by molar-refractivity contribution is 0.239. The first-order valence-corrected chi connectivity index (χ1v) is 5.82. The first-order chi connectivity index (χ1) is 8.79. The minimum absolute atomic E-state index is 0.167. The van der Waals surface area contributed by atoms with E-state index < -0.39 is 0 Å². The molecular weight excluding hydrogens is 235 g/mol. The number of rotatable bonds is 6. The Morgan fingerprint density at radius 2 is 2.22 bits per heavy atom. The van der Waals surface area contributed by atoms with Crippen molar-refractivity contribution in [2.24, 2.45) is 0 Å². The molecule has 4 nitrogen and oxygen atoms in total. The molecule has 0 aliphatic carbocycles. The Bertz CT molecular complexity index is 499. The highest BCUT2D eigenvalue weighted by atomic mass is 19.1. The van der Waals surface area contributed by atoms with Gasteiger partial charge in [0.15, 0.2) is 17.3 Å². The third-order valence-corrected chi connectivity index (χ3v) is 2.37. The van der Waals surface area contributed by atoms with Gasteiger partial charge in [-0.3, -0.25) is 0 Å². The van der Waals surface area contributed by atoms with Gasteiger partial charge in [-0.25, -0.2) is 4.39 Å². The molecule has 2 rings (SSSR count). The van der Waals surface area contributed by atoms with Crippen LogP contribution < -0.4 is 10.1 Å². The normalized spacial score (nSPS) is 10.6. The number of nitrogens with one attached hydrogen (secondary N) is 1. The second kappa shape index (κ2) is 6.16. The van der Waals surface area contributed by atoms with E-state index >= 15 is 0 Å². The van der Waals surface area contributed by atoms with Gasteiger partial charge < -0.3 is 14.6 Å². The monoisotopic (exact) mass is 250 g/mol. The molecule has 1 aromatic carbocycles. The number of nitrogens with zero attached hydrogens (tertiary/aromatic N) is 1. The Morgan fingerprint density at radius 1 is 1.39 bits per heavy atom. The molecule has 0 fully saturated rings. The Labute approximate surface area is 105 Å². The molecule has 1 aromatic heterocycles. The molecule has 0 atom stereocenters. The molecule has 0 aliphatic heterocycles. The Morgan fingerprint density at radius 3 is 3.00 bits per heavy atom. The van der Waals surface area contributed by atoms with Gasteiger partial charge in [0, 0.05) is 12.6 Å². The summed E-state index contributed by atoms with van der Waals surface area (Å²) in [6.45, 7) is 3.70. The number of hydrogen-bond acceptors (Lipinski definition) is 4. The fourth-order valence-corrected chi connectivity index (χ4v) is 1.47. The number of hydrogen-bond donors (Lipinski definition) is 1. The third kappa shape index (κ3) is 3.30. The van der Waals surface area contributed by atoms with E-state index in [4.69, 9.17) is 9.26 Å². The van der Waals surface area contributed by atoms with Crippen molar-refractivity contribution in [2.75, 3.05) is 6.54 Å². The fraction of sp³-hybridized carbons (Fsp3) is 0.308. The van der Waals surface area contributed by atoms with Crippen molar-refractivity contribution in [1.29, 1.82) is 0 Å². The van der Waals surface area contributed by atoms with Crippen molar-refractivity contribution in [2.45, 2.75) is 20.1 Å². The minimum Gasteiger partial charge on any atom is -0.482 e. The first-order valence-electron chi connectivity index (χ1n) is 5.82. The summed E-state index contributed by atoms with van der Waals surface area (Å²) in [4.78, 5) is 0.